The van der Waals surface area contributed by atoms with Gasteiger partial charge < -0.3 is 9.47 Å². The minimum Gasteiger partial charge on any atom is -0.482 e. The summed E-state index contributed by atoms with van der Waals surface area (Å²) in [7, 11) is 0. The number of rotatable bonds is 5. The van der Waals surface area contributed by atoms with Gasteiger partial charge in [0, 0.05) is 5.02 Å². The van der Waals surface area contributed by atoms with Gasteiger partial charge in [-0.2, -0.15) is 0 Å². The van der Waals surface area contributed by atoms with Gasteiger partial charge in [0.15, 0.2) is 6.61 Å². The highest BCUT2D eigenvalue weighted by atomic mass is 79.9. The molecule has 0 aliphatic heterocycles. The smallest absolute Gasteiger partial charge is 0.349 e. The van der Waals surface area contributed by atoms with Crippen molar-refractivity contribution in [3.63, 3.8) is 0 Å². The van der Waals surface area contributed by atoms with E-state index in [2.05, 4.69) is 29.8 Å². The number of hydrogen-bond donors (Lipinski definition) is 0. The van der Waals surface area contributed by atoms with Crippen LogP contribution in [0.25, 0.3) is 0 Å². The Balaban J connectivity index is 1.97. The molecule has 5 heteroatoms. The molecule has 122 valence electrons. The lowest BCUT2D eigenvalue weighted by Gasteiger charge is -2.11. The number of ether oxygens (including phenoxy) is 2. The fourth-order valence-corrected chi connectivity index (χ4v) is 2.73. The molecule has 0 amide bonds. The highest BCUT2D eigenvalue weighted by Crippen LogP contribution is 2.29. The van der Waals surface area contributed by atoms with Gasteiger partial charge in [0.1, 0.15) is 11.5 Å². The van der Waals surface area contributed by atoms with Crippen molar-refractivity contribution >= 4 is 33.5 Å². The Morgan fingerprint density at radius 2 is 1.87 bits per heavy atom. The molecular formula is C18H18BrClO3. The predicted octanol–water partition coefficient (Wildman–Crippen LogP) is 5.52. The first-order valence-electron chi connectivity index (χ1n) is 7.26. The third-order valence-corrected chi connectivity index (χ3v) is 4.18. The van der Waals surface area contributed by atoms with Crippen molar-refractivity contribution in [3.05, 3.63) is 57.0 Å². The lowest BCUT2D eigenvalue weighted by Crippen LogP contribution is -2.18. The van der Waals surface area contributed by atoms with Crippen molar-refractivity contribution in [2.45, 2.75) is 26.7 Å². The van der Waals surface area contributed by atoms with Gasteiger partial charge in [-0.1, -0.05) is 31.5 Å². The average molecular weight is 398 g/mol. The van der Waals surface area contributed by atoms with Crippen LogP contribution in [0.1, 0.15) is 30.9 Å². The molecule has 0 aromatic heterocycles. The van der Waals surface area contributed by atoms with E-state index in [9.17, 15) is 4.79 Å². The number of halogens is 2. The summed E-state index contributed by atoms with van der Waals surface area (Å²) in [5.74, 6) is 1.04. The van der Waals surface area contributed by atoms with Crippen molar-refractivity contribution < 1.29 is 14.3 Å². The van der Waals surface area contributed by atoms with E-state index >= 15 is 0 Å². The number of aryl methyl sites for hydroxylation is 1. The third kappa shape index (κ3) is 4.98. The second-order valence-corrected chi connectivity index (χ2v) is 6.81. The van der Waals surface area contributed by atoms with Crippen LogP contribution in [0.3, 0.4) is 0 Å². The van der Waals surface area contributed by atoms with E-state index in [1.165, 1.54) is 5.56 Å². The summed E-state index contributed by atoms with van der Waals surface area (Å²) in [4.78, 5) is 11.9. The molecule has 0 spiro atoms. The number of carbonyl (C=O) groups is 1. The minimum absolute atomic E-state index is 0.166. The third-order valence-electron chi connectivity index (χ3n) is 3.33. The molecule has 0 unspecified atom stereocenters. The maximum atomic E-state index is 11.9. The van der Waals surface area contributed by atoms with Gasteiger partial charge in [0.25, 0.3) is 0 Å². The minimum atomic E-state index is -0.461. The number of esters is 1. The molecule has 0 radical (unpaired) electrons. The molecular weight excluding hydrogens is 380 g/mol. The molecule has 0 aliphatic rings. The van der Waals surface area contributed by atoms with Gasteiger partial charge in [-0.3, -0.25) is 0 Å². The Bertz CT molecular complexity index is 713. The fourth-order valence-electron chi connectivity index (χ4n) is 2.02. The van der Waals surface area contributed by atoms with Gasteiger partial charge in [0.2, 0.25) is 0 Å². The number of hydrogen-bond acceptors (Lipinski definition) is 3. The Morgan fingerprint density at radius 1 is 1.17 bits per heavy atom. The first kappa shape index (κ1) is 17.8. The molecule has 0 bridgehead atoms. The van der Waals surface area contributed by atoms with Crippen LogP contribution in [0.15, 0.2) is 40.9 Å². The second kappa shape index (κ2) is 7.84. The van der Waals surface area contributed by atoms with Crippen molar-refractivity contribution in [1.82, 2.24) is 0 Å². The van der Waals surface area contributed by atoms with Crippen LogP contribution in [-0.2, 0) is 4.79 Å². The van der Waals surface area contributed by atoms with Crippen molar-refractivity contribution in [3.8, 4) is 11.5 Å². The quantitative estimate of drug-likeness (QED) is 0.492. The van der Waals surface area contributed by atoms with Gasteiger partial charge in [-0.25, -0.2) is 4.79 Å². The highest BCUT2D eigenvalue weighted by Gasteiger charge is 2.11. The van der Waals surface area contributed by atoms with E-state index in [0.717, 1.165) is 10.0 Å². The Labute approximate surface area is 149 Å². The molecule has 0 aliphatic carbocycles. The first-order valence-corrected chi connectivity index (χ1v) is 8.43. The molecule has 2 aromatic rings. The summed E-state index contributed by atoms with van der Waals surface area (Å²) < 4.78 is 11.6. The molecule has 0 saturated heterocycles. The second-order valence-electron chi connectivity index (χ2n) is 5.52. The zero-order chi connectivity index (χ0) is 17.0. The molecule has 2 rings (SSSR count). The van der Waals surface area contributed by atoms with Gasteiger partial charge in [0.05, 0.1) is 4.47 Å². The van der Waals surface area contributed by atoms with E-state index in [0.29, 0.717) is 22.4 Å². The maximum Gasteiger partial charge on any atom is 0.349 e. The molecule has 0 fully saturated rings. The summed E-state index contributed by atoms with van der Waals surface area (Å²) in [6, 6.07) is 10.9. The molecule has 0 saturated carbocycles. The highest BCUT2D eigenvalue weighted by molar-refractivity contribution is 9.10. The first-order chi connectivity index (χ1) is 10.9. The zero-order valence-corrected chi connectivity index (χ0v) is 15.6. The fraction of sp³-hybridized carbons (Fsp3) is 0.278. The van der Waals surface area contributed by atoms with Crippen LogP contribution in [0.5, 0.6) is 11.5 Å². The summed E-state index contributed by atoms with van der Waals surface area (Å²) in [6.45, 7) is 5.92. The SMILES string of the molecule is Cc1cc(Cl)ccc1OCC(=O)Oc1ccc(C(C)C)cc1Br. The Hall–Kier alpha value is -1.52. The molecule has 0 atom stereocenters. The lowest BCUT2D eigenvalue weighted by molar-refractivity contribution is -0.136. The van der Waals surface area contributed by atoms with Gasteiger partial charge in [-0.05, 0) is 70.2 Å². The van der Waals surface area contributed by atoms with E-state index in [4.69, 9.17) is 21.1 Å². The Kier molecular flexibility index (Phi) is 6.08. The van der Waals surface area contributed by atoms with Crippen LogP contribution in [0.2, 0.25) is 5.02 Å². The zero-order valence-electron chi connectivity index (χ0n) is 13.2. The van der Waals surface area contributed by atoms with Gasteiger partial charge in [-0.15, -0.1) is 0 Å². The van der Waals surface area contributed by atoms with E-state index < -0.39 is 5.97 Å². The lowest BCUT2D eigenvalue weighted by atomic mass is 10.0. The van der Waals surface area contributed by atoms with Crippen LogP contribution < -0.4 is 9.47 Å². The maximum absolute atomic E-state index is 11.9. The largest absolute Gasteiger partial charge is 0.482 e. The summed E-state index contributed by atoms with van der Waals surface area (Å²) in [5.41, 5.74) is 2.04. The van der Waals surface area contributed by atoms with Crippen molar-refractivity contribution in [2.24, 2.45) is 0 Å². The molecule has 23 heavy (non-hydrogen) atoms. The van der Waals surface area contributed by atoms with Crippen LogP contribution >= 0.6 is 27.5 Å². The molecule has 3 nitrogen and oxygen atoms in total. The predicted molar refractivity (Wildman–Crippen MR) is 95.6 cm³/mol. The number of benzene rings is 2. The monoisotopic (exact) mass is 396 g/mol. The molecule has 2 aromatic carbocycles. The summed E-state index contributed by atoms with van der Waals surface area (Å²) >= 11 is 9.31. The topological polar surface area (TPSA) is 35.5 Å². The van der Waals surface area contributed by atoms with E-state index in [-0.39, 0.29) is 6.61 Å². The van der Waals surface area contributed by atoms with Crippen LogP contribution in [0.4, 0.5) is 0 Å². The average Bonchev–Trinajstić information content (AvgIpc) is 2.48. The normalized spacial score (nSPS) is 10.7. The van der Waals surface area contributed by atoms with Crippen molar-refractivity contribution in [2.75, 3.05) is 6.61 Å². The van der Waals surface area contributed by atoms with E-state index in [1.54, 1.807) is 24.3 Å². The summed E-state index contributed by atoms with van der Waals surface area (Å²) in [5, 5.41) is 0.631. The summed E-state index contributed by atoms with van der Waals surface area (Å²) in [6.07, 6.45) is 0. The molecule has 0 N–H and O–H groups in total. The number of carbonyl (C=O) groups excluding carboxylic acids is 1. The van der Waals surface area contributed by atoms with Crippen LogP contribution in [-0.4, -0.2) is 12.6 Å². The standard InChI is InChI=1S/C18H18BrClO3/c1-11(2)13-4-6-17(15(19)9-13)23-18(21)10-22-16-7-5-14(20)8-12(16)3/h4-9,11H,10H2,1-3H3. The molecule has 0 heterocycles. The van der Waals surface area contributed by atoms with Crippen molar-refractivity contribution in [1.29, 1.82) is 0 Å². The van der Waals surface area contributed by atoms with Gasteiger partial charge >= 0.3 is 5.97 Å². The van der Waals surface area contributed by atoms with Crippen LogP contribution in [0, 0.1) is 6.92 Å². The Morgan fingerprint density at radius 3 is 2.48 bits per heavy atom. The van der Waals surface area contributed by atoms with E-state index in [1.807, 2.05) is 19.1 Å².